The van der Waals surface area contributed by atoms with E-state index in [0.29, 0.717) is 0 Å². The van der Waals surface area contributed by atoms with Crippen molar-refractivity contribution in [1.29, 1.82) is 0 Å². The van der Waals surface area contributed by atoms with E-state index in [1.165, 1.54) is 51.6 Å². The van der Waals surface area contributed by atoms with Gasteiger partial charge in [0.2, 0.25) is 0 Å². The molecule has 3 atom stereocenters. The van der Waals surface area contributed by atoms with E-state index in [2.05, 4.69) is 12.2 Å². The van der Waals surface area contributed by atoms with Gasteiger partial charge in [-0.15, -0.1) is 0 Å². The Kier molecular flexibility index (Phi) is 3.26. The highest BCUT2D eigenvalue weighted by molar-refractivity contribution is 4.80. The Hall–Kier alpha value is -0.0400. The molecule has 0 aromatic carbocycles. The Morgan fingerprint density at radius 3 is 2.62 bits per heavy atom. The molecular formula is C12H23N. The molecule has 0 aromatic rings. The smallest absolute Gasteiger partial charge is 0.00174 e. The molecule has 3 unspecified atom stereocenters. The van der Waals surface area contributed by atoms with Gasteiger partial charge in [0, 0.05) is 0 Å². The minimum absolute atomic E-state index is 0.999. The largest absolute Gasteiger partial charge is 0.316 e. The topological polar surface area (TPSA) is 12.0 Å². The maximum atomic E-state index is 3.50. The van der Waals surface area contributed by atoms with Crippen LogP contribution in [0.25, 0.3) is 0 Å². The SMILES string of the molecule is CC1CCCC(C2CCNC2)CC1. The van der Waals surface area contributed by atoms with Crippen LogP contribution < -0.4 is 5.32 Å². The van der Waals surface area contributed by atoms with Crippen LogP contribution in [0.1, 0.15) is 45.4 Å². The van der Waals surface area contributed by atoms with Crippen molar-refractivity contribution < 1.29 is 0 Å². The molecule has 1 N–H and O–H groups in total. The third kappa shape index (κ3) is 2.46. The van der Waals surface area contributed by atoms with Crippen molar-refractivity contribution in [2.24, 2.45) is 17.8 Å². The summed E-state index contributed by atoms with van der Waals surface area (Å²) in [4.78, 5) is 0. The van der Waals surface area contributed by atoms with Gasteiger partial charge in [-0.05, 0) is 43.7 Å². The maximum absolute atomic E-state index is 3.50. The van der Waals surface area contributed by atoms with Crippen molar-refractivity contribution in [3.8, 4) is 0 Å². The van der Waals surface area contributed by atoms with Crippen LogP contribution in [0, 0.1) is 17.8 Å². The first kappa shape index (κ1) is 9.51. The van der Waals surface area contributed by atoms with Crippen LogP contribution in [0.4, 0.5) is 0 Å². The van der Waals surface area contributed by atoms with E-state index >= 15 is 0 Å². The summed E-state index contributed by atoms with van der Waals surface area (Å²) in [5.41, 5.74) is 0. The monoisotopic (exact) mass is 181 g/mol. The molecule has 76 valence electrons. The second kappa shape index (κ2) is 4.45. The minimum Gasteiger partial charge on any atom is -0.316 e. The molecule has 1 heterocycles. The van der Waals surface area contributed by atoms with Crippen molar-refractivity contribution in [3.63, 3.8) is 0 Å². The highest BCUT2D eigenvalue weighted by atomic mass is 14.9. The van der Waals surface area contributed by atoms with Crippen LogP contribution in [0.2, 0.25) is 0 Å². The summed E-state index contributed by atoms with van der Waals surface area (Å²) in [6.07, 6.45) is 8.92. The fourth-order valence-electron chi connectivity index (χ4n) is 3.07. The van der Waals surface area contributed by atoms with Gasteiger partial charge in [-0.2, -0.15) is 0 Å². The molecule has 1 aliphatic carbocycles. The second-order valence-electron chi connectivity index (χ2n) is 5.13. The molecular weight excluding hydrogens is 158 g/mol. The van der Waals surface area contributed by atoms with E-state index < -0.39 is 0 Å². The van der Waals surface area contributed by atoms with Crippen LogP contribution in [-0.4, -0.2) is 13.1 Å². The predicted octanol–water partition coefficient (Wildman–Crippen LogP) is 2.81. The zero-order valence-electron chi connectivity index (χ0n) is 8.89. The molecule has 1 heteroatoms. The minimum atomic E-state index is 0.999. The third-order valence-corrected chi connectivity index (χ3v) is 4.07. The van der Waals surface area contributed by atoms with E-state index in [0.717, 1.165) is 17.8 Å². The average Bonchev–Trinajstić information content (AvgIpc) is 2.56. The summed E-state index contributed by atoms with van der Waals surface area (Å²) in [6, 6.07) is 0. The van der Waals surface area contributed by atoms with E-state index in [4.69, 9.17) is 0 Å². The molecule has 2 fully saturated rings. The van der Waals surface area contributed by atoms with Crippen LogP contribution in [0.5, 0.6) is 0 Å². The number of nitrogens with one attached hydrogen (secondary N) is 1. The van der Waals surface area contributed by atoms with Crippen molar-refractivity contribution >= 4 is 0 Å². The standard InChI is InChI=1S/C12H23N/c1-10-3-2-4-11(6-5-10)12-7-8-13-9-12/h10-13H,2-9H2,1H3. The van der Waals surface area contributed by atoms with Crippen LogP contribution in [0.3, 0.4) is 0 Å². The molecule has 13 heavy (non-hydrogen) atoms. The molecule has 2 rings (SSSR count). The van der Waals surface area contributed by atoms with Crippen molar-refractivity contribution in [2.75, 3.05) is 13.1 Å². The van der Waals surface area contributed by atoms with Gasteiger partial charge in [-0.1, -0.05) is 32.6 Å². The molecule has 0 bridgehead atoms. The van der Waals surface area contributed by atoms with Gasteiger partial charge in [0.05, 0.1) is 0 Å². The van der Waals surface area contributed by atoms with E-state index in [1.807, 2.05) is 0 Å². The predicted molar refractivity (Wildman–Crippen MR) is 56.7 cm³/mol. The van der Waals surface area contributed by atoms with Gasteiger partial charge < -0.3 is 5.32 Å². The van der Waals surface area contributed by atoms with Gasteiger partial charge in [0.1, 0.15) is 0 Å². The fraction of sp³-hybridized carbons (Fsp3) is 1.00. The van der Waals surface area contributed by atoms with Crippen LogP contribution in [0.15, 0.2) is 0 Å². The van der Waals surface area contributed by atoms with Gasteiger partial charge >= 0.3 is 0 Å². The lowest BCUT2D eigenvalue weighted by molar-refractivity contribution is 0.315. The van der Waals surface area contributed by atoms with Gasteiger partial charge in [0.15, 0.2) is 0 Å². The maximum Gasteiger partial charge on any atom is -0.00174 e. The van der Waals surface area contributed by atoms with Crippen molar-refractivity contribution in [1.82, 2.24) is 5.32 Å². The van der Waals surface area contributed by atoms with E-state index in [1.54, 1.807) is 0 Å². The van der Waals surface area contributed by atoms with Crippen LogP contribution in [-0.2, 0) is 0 Å². The van der Waals surface area contributed by atoms with Gasteiger partial charge in [-0.25, -0.2) is 0 Å². The first-order chi connectivity index (χ1) is 6.36. The Labute approximate surface area is 82.3 Å². The van der Waals surface area contributed by atoms with Gasteiger partial charge in [0.25, 0.3) is 0 Å². The Morgan fingerprint density at radius 1 is 0.923 bits per heavy atom. The normalized spacial score (nSPS) is 41.8. The molecule has 2 aliphatic rings. The van der Waals surface area contributed by atoms with Gasteiger partial charge in [-0.3, -0.25) is 0 Å². The summed E-state index contributed by atoms with van der Waals surface area (Å²) in [5, 5.41) is 3.50. The lowest BCUT2D eigenvalue weighted by Gasteiger charge is -2.20. The first-order valence-corrected chi connectivity index (χ1v) is 6.07. The zero-order valence-corrected chi connectivity index (χ0v) is 8.89. The molecule has 0 aromatic heterocycles. The molecule has 1 saturated heterocycles. The third-order valence-electron chi connectivity index (χ3n) is 4.07. The van der Waals surface area contributed by atoms with E-state index in [-0.39, 0.29) is 0 Å². The summed E-state index contributed by atoms with van der Waals surface area (Å²) in [7, 11) is 0. The summed E-state index contributed by atoms with van der Waals surface area (Å²) in [5.74, 6) is 3.07. The number of hydrogen-bond donors (Lipinski definition) is 1. The van der Waals surface area contributed by atoms with Crippen LogP contribution >= 0.6 is 0 Å². The lowest BCUT2D eigenvalue weighted by Crippen LogP contribution is -2.17. The molecule has 0 spiro atoms. The Bertz CT molecular complexity index is 149. The molecule has 1 aliphatic heterocycles. The molecule has 0 amide bonds. The molecule has 0 radical (unpaired) electrons. The number of rotatable bonds is 1. The van der Waals surface area contributed by atoms with E-state index in [9.17, 15) is 0 Å². The molecule has 1 nitrogen and oxygen atoms in total. The first-order valence-electron chi connectivity index (χ1n) is 6.07. The fourth-order valence-corrected chi connectivity index (χ4v) is 3.07. The number of hydrogen-bond acceptors (Lipinski definition) is 1. The quantitative estimate of drug-likeness (QED) is 0.613. The van der Waals surface area contributed by atoms with Crippen molar-refractivity contribution in [2.45, 2.75) is 45.4 Å². The summed E-state index contributed by atoms with van der Waals surface area (Å²) < 4.78 is 0. The average molecular weight is 181 g/mol. The lowest BCUT2D eigenvalue weighted by atomic mass is 9.85. The summed E-state index contributed by atoms with van der Waals surface area (Å²) >= 11 is 0. The zero-order chi connectivity index (χ0) is 9.10. The second-order valence-corrected chi connectivity index (χ2v) is 5.13. The highest BCUT2D eigenvalue weighted by Crippen LogP contribution is 2.33. The molecule has 1 saturated carbocycles. The highest BCUT2D eigenvalue weighted by Gasteiger charge is 2.26. The van der Waals surface area contributed by atoms with Crippen molar-refractivity contribution in [3.05, 3.63) is 0 Å². The Morgan fingerprint density at radius 2 is 1.85 bits per heavy atom. The summed E-state index contributed by atoms with van der Waals surface area (Å²) in [6.45, 7) is 5.01. The Balaban J connectivity index is 1.84.